The first-order valence-corrected chi connectivity index (χ1v) is 5.97. The van der Waals surface area contributed by atoms with Gasteiger partial charge in [0.15, 0.2) is 0 Å². The maximum Gasteiger partial charge on any atom is 0.319 e. The van der Waals surface area contributed by atoms with Gasteiger partial charge in [0, 0.05) is 25.9 Å². The largest absolute Gasteiger partial charge is 0.481 e. The van der Waals surface area contributed by atoms with E-state index in [1.165, 1.54) is 0 Å². The molecule has 0 saturated carbocycles. The normalized spacial score (nSPS) is 9.95. The highest BCUT2D eigenvalue weighted by Crippen LogP contribution is 2.15. The molecule has 0 bridgehead atoms. The van der Waals surface area contributed by atoms with Crippen LogP contribution in [0.15, 0.2) is 24.3 Å². The molecule has 0 heterocycles. The zero-order chi connectivity index (χ0) is 14.1. The molecule has 6 nitrogen and oxygen atoms in total. The van der Waals surface area contributed by atoms with E-state index in [4.69, 9.17) is 9.84 Å². The molecule has 0 aromatic heterocycles. The topological polar surface area (TPSA) is 87.7 Å². The fourth-order valence-electron chi connectivity index (χ4n) is 1.54. The second kappa shape index (κ2) is 8.10. The van der Waals surface area contributed by atoms with E-state index in [2.05, 4.69) is 10.6 Å². The lowest BCUT2D eigenvalue weighted by Crippen LogP contribution is -2.30. The van der Waals surface area contributed by atoms with Crippen molar-refractivity contribution in [1.29, 1.82) is 0 Å². The average Bonchev–Trinajstić information content (AvgIpc) is 2.36. The minimum Gasteiger partial charge on any atom is -0.481 e. The predicted octanol–water partition coefficient (Wildman–Crippen LogP) is 1.47. The van der Waals surface area contributed by atoms with Crippen LogP contribution in [0.2, 0.25) is 0 Å². The molecule has 19 heavy (non-hydrogen) atoms. The minimum absolute atomic E-state index is 0.125. The van der Waals surface area contributed by atoms with Crippen molar-refractivity contribution in [3.8, 4) is 0 Å². The molecule has 0 fully saturated rings. The van der Waals surface area contributed by atoms with E-state index in [0.29, 0.717) is 24.4 Å². The summed E-state index contributed by atoms with van der Waals surface area (Å²) in [6.07, 6.45) is 0.598. The van der Waals surface area contributed by atoms with E-state index < -0.39 is 5.97 Å². The lowest BCUT2D eigenvalue weighted by Gasteiger charge is -2.10. The molecule has 0 aliphatic rings. The molecule has 0 radical (unpaired) electrons. The molecule has 1 rings (SSSR count). The number of rotatable bonds is 7. The highest BCUT2D eigenvalue weighted by molar-refractivity contribution is 5.90. The number of amides is 2. The van der Waals surface area contributed by atoms with Crippen LogP contribution in [-0.4, -0.2) is 37.4 Å². The van der Waals surface area contributed by atoms with Crippen molar-refractivity contribution in [2.75, 3.05) is 25.6 Å². The van der Waals surface area contributed by atoms with Gasteiger partial charge in [0.25, 0.3) is 0 Å². The second-order valence-corrected chi connectivity index (χ2v) is 3.95. The van der Waals surface area contributed by atoms with Gasteiger partial charge < -0.3 is 20.5 Å². The number of nitrogens with one attached hydrogen (secondary N) is 2. The van der Waals surface area contributed by atoms with Crippen LogP contribution in [0, 0.1) is 0 Å². The van der Waals surface area contributed by atoms with E-state index in [-0.39, 0.29) is 12.5 Å². The van der Waals surface area contributed by atoms with Crippen molar-refractivity contribution in [1.82, 2.24) is 5.32 Å². The molecule has 2 amide bonds. The van der Waals surface area contributed by atoms with E-state index in [1.54, 1.807) is 31.4 Å². The van der Waals surface area contributed by atoms with Gasteiger partial charge in [-0.2, -0.15) is 0 Å². The summed E-state index contributed by atoms with van der Waals surface area (Å²) in [6.45, 7) is 1.08. The van der Waals surface area contributed by atoms with Crippen LogP contribution in [-0.2, 0) is 16.0 Å². The summed E-state index contributed by atoms with van der Waals surface area (Å²) in [5.74, 6) is -0.935. The average molecular weight is 266 g/mol. The van der Waals surface area contributed by atoms with Crippen molar-refractivity contribution in [3.05, 3.63) is 29.8 Å². The number of carbonyl (C=O) groups excluding carboxylic acids is 1. The third kappa shape index (κ3) is 5.87. The highest BCUT2D eigenvalue weighted by Gasteiger charge is 2.08. The van der Waals surface area contributed by atoms with E-state index >= 15 is 0 Å². The maximum atomic E-state index is 11.6. The number of hydrogen-bond donors (Lipinski definition) is 3. The van der Waals surface area contributed by atoms with Crippen LogP contribution in [0.1, 0.15) is 12.0 Å². The fraction of sp³-hybridized carbons (Fsp3) is 0.385. The van der Waals surface area contributed by atoms with Crippen LogP contribution in [0.5, 0.6) is 0 Å². The summed E-state index contributed by atoms with van der Waals surface area (Å²) < 4.78 is 4.87. The summed E-state index contributed by atoms with van der Waals surface area (Å²) in [4.78, 5) is 22.3. The maximum absolute atomic E-state index is 11.6. The van der Waals surface area contributed by atoms with Gasteiger partial charge in [-0.25, -0.2) is 4.79 Å². The van der Waals surface area contributed by atoms with Gasteiger partial charge in [0.2, 0.25) is 0 Å². The van der Waals surface area contributed by atoms with Crippen LogP contribution in [0.4, 0.5) is 10.5 Å². The quantitative estimate of drug-likeness (QED) is 0.652. The Hall–Kier alpha value is -2.08. The second-order valence-electron chi connectivity index (χ2n) is 3.95. The molecule has 0 unspecified atom stereocenters. The lowest BCUT2D eigenvalue weighted by molar-refractivity contribution is -0.136. The summed E-state index contributed by atoms with van der Waals surface area (Å²) in [5.41, 5.74) is 1.08. The Morgan fingerprint density at radius 1 is 1.32 bits per heavy atom. The summed E-state index contributed by atoms with van der Waals surface area (Å²) in [6, 6.07) is 6.47. The molecule has 0 atom stereocenters. The van der Waals surface area contributed by atoms with Gasteiger partial charge in [-0.3, -0.25) is 4.79 Å². The smallest absolute Gasteiger partial charge is 0.319 e. The number of anilines is 1. The predicted molar refractivity (Wildman–Crippen MR) is 71.3 cm³/mol. The number of ether oxygens (including phenoxy) is 1. The van der Waals surface area contributed by atoms with Gasteiger partial charge in [0.05, 0.1) is 6.42 Å². The van der Waals surface area contributed by atoms with Crippen molar-refractivity contribution in [3.63, 3.8) is 0 Å². The standard InChI is InChI=1S/C13H18N2O4/c1-19-8-4-7-14-13(18)15-11-6-3-2-5-10(11)9-12(16)17/h2-3,5-6H,4,7-9H2,1H3,(H,16,17)(H2,14,15,18). The number of para-hydroxylation sites is 1. The minimum atomic E-state index is -0.935. The number of carboxylic acid groups (broad SMARTS) is 1. The van der Waals surface area contributed by atoms with Crippen molar-refractivity contribution in [2.24, 2.45) is 0 Å². The number of hydrogen-bond acceptors (Lipinski definition) is 3. The van der Waals surface area contributed by atoms with E-state index in [1.807, 2.05) is 0 Å². The highest BCUT2D eigenvalue weighted by atomic mass is 16.5. The third-order valence-electron chi connectivity index (χ3n) is 2.42. The molecule has 1 aromatic rings. The van der Waals surface area contributed by atoms with E-state index in [0.717, 1.165) is 6.42 Å². The van der Waals surface area contributed by atoms with Crippen LogP contribution < -0.4 is 10.6 Å². The molecule has 0 saturated heterocycles. The number of benzene rings is 1. The first-order valence-electron chi connectivity index (χ1n) is 5.97. The molecule has 6 heteroatoms. The molecular weight excluding hydrogens is 248 g/mol. The van der Waals surface area contributed by atoms with E-state index in [9.17, 15) is 9.59 Å². The Labute approximate surface area is 111 Å². The Morgan fingerprint density at radius 3 is 2.74 bits per heavy atom. The van der Waals surface area contributed by atoms with Crippen LogP contribution in [0.25, 0.3) is 0 Å². The lowest BCUT2D eigenvalue weighted by atomic mass is 10.1. The fourth-order valence-corrected chi connectivity index (χ4v) is 1.54. The van der Waals surface area contributed by atoms with Crippen molar-refractivity contribution < 1.29 is 19.4 Å². The summed E-state index contributed by atoms with van der Waals surface area (Å²) in [7, 11) is 1.60. The number of carbonyl (C=O) groups is 2. The monoisotopic (exact) mass is 266 g/mol. The van der Waals surface area contributed by atoms with Crippen molar-refractivity contribution >= 4 is 17.7 Å². The van der Waals surface area contributed by atoms with Gasteiger partial charge >= 0.3 is 12.0 Å². The summed E-state index contributed by atoms with van der Waals surface area (Å²) in [5, 5.41) is 14.1. The van der Waals surface area contributed by atoms with Gasteiger partial charge in [-0.1, -0.05) is 18.2 Å². The first-order chi connectivity index (χ1) is 9.13. The molecule has 0 aliphatic heterocycles. The number of methoxy groups -OCH3 is 1. The first kappa shape index (κ1) is 15.0. The Kier molecular flexibility index (Phi) is 6.38. The van der Waals surface area contributed by atoms with Crippen LogP contribution >= 0.6 is 0 Å². The number of urea groups is 1. The molecule has 1 aromatic carbocycles. The van der Waals surface area contributed by atoms with Crippen LogP contribution in [0.3, 0.4) is 0 Å². The molecule has 0 aliphatic carbocycles. The van der Waals surface area contributed by atoms with Gasteiger partial charge in [-0.05, 0) is 18.1 Å². The Balaban J connectivity index is 2.51. The zero-order valence-electron chi connectivity index (χ0n) is 10.8. The molecule has 3 N–H and O–H groups in total. The molecule has 0 spiro atoms. The zero-order valence-corrected chi connectivity index (χ0v) is 10.8. The van der Waals surface area contributed by atoms with Gasteiger partial charge in [0.1, 0.15) is 0 Å². The number of aliphatic carboxylic acids is 1. The molecule has 104 valence electrons. The summed E-state index contributed by atoms with van der Waals surface area (Å²) >= 11 is 0. The third-order valence-corrected chi connectivity index (χ3v) is 2.42. The SMILES string of the molecule is COCCCNC(=O)Nc1ccccc1CC(=O)O. The molecular formula is C13H18N2O4. The number of carboxylic acids is 1. The van der Waals surface area contributed by atoms with Crippen molar-refractivity contribution in [2.45, 2.75) is 12.8 Å². The van der Waals surface area contributed by atoms with Gasteiger partial charge in [-0.15, -0.1) is 0 Å². The Bertz CT molecular complexity index is 434. The Morgan fingerprint density at radius 2 is 2.05 bits per heavy atom.